The fraction of sp³-hybridized carbons (Fsp3) is 0.600. The number of carbonyl (C=O) groups is 2. The average molecular weight is 294 g/mol. The van der Waals surface area contributed by atoms with E-state index in [2.05, 4.69) is 19.2 Å². The van der Waals surface area contributed by atoms with Crippen LogP contribution in [0.25, 0.3) is 0 Å². The summed E-state index contributed by atoms with van der Waals surface area (Å²) in [6.07, 6.45) is 2.31. The highest BCUT2D eigenvalue weighted by Gasteiger charge is 2.24. The van der Waals surface area contributed by atoms with Gasteiger partial charge in [-0.25, -0.2) is 0 Å². The molecule has 1 aromatic heterocycles. The van der Waals surface area contributed by atoms with Crippen molar-refractivity contribution in [1.82, 2.24) is 10.2 Å². The summed E-state index contributed by atoms with van der Waals surface area (Å²) in [5, 5.41) is 6.81. The Morgan fingerprint density at radius 3 is 2.65 bits per heavy atom. The third kappa shape index (κ3) is 4.07. The Bertz CT molecular complexity index is 448. The van der Waals surface area contributed by atoms with Gasteiger partial charge in [-0.1, -0.05) is 13.8 Å². The molecule has 0 aliphatic carbocycles. The molecule has 0 atom stereocenters. The predicted molar refractivity (Wildman–Crippen MR) is 80.8 cm³/mol. The maximum absolute atomic E-state index is 12.0. The van der Waals surface area contributed by atoms with Crippen LogP contribution in [-0.4, -0.2) is 35.8 Å². The lowest BCUT2D eigenvalue weighted by molar-refractivity contribution is -0.133. The molecule has 0 radical (unpaired) electrons. The number of carbonyl (C=O) groups excluding carboxylic acids is 2. The van der Waals surface area contributed by atoms with E-state index in [1.54, 1.807) is 0 Å². The van der Waals surface area contributed by atoms with Crippen molar-refractivity contribution in [3.05, 3.63) is 22.4 Å². The van der Waals surface area contributed by atoms with Crippen molar-refractivity contribution < 1.29 is 9.59 Å². The molecule has 0 unspecified atom stereocenters. The number of nitrogens with one attached hydrogen (secondary N) is 1. The highest BCUT2D eigenvalue weighted by atomic mass is 32.1. The van der Waals surface area contributed by atoms with Gasteiger partial charge in [0.1, 0.15) is 0 Å². The van der Waals surface area contributed by atoms with Gasteiger partial charge >= 0.3 is 0 Å². The molecule has 0 saturated carbocycles. The van der Waals surface area contributed by atoms with Gasteiger partial charge in [-0.15, -0.1) is 0 Å². The molecular formula is C15H22N2O2S. The Balaban J connectivity index is 1.77. The van der Waals surface area contributed by atoms with E-state index in [0.29, 0.717) is 12.3 Å². The van der Waals surface area contributed by atoms with Crippen LogP contribution in [0.5, 0.6) is 0 Å². The standard InChI is InChI=1S/C15H22N2O2S/c1-11(2)9-14(18)17-6-3-13(4-7-17)16-15(19)12-5-8-20-10-12/h5,8,10-11,13H,3-4,6-7,9H2,1-2H3,(H,16,19). The normalized spacial score (nSPS) is 16.4. The van der Waals surface area contributed by atoms with E-state index >= 15 is 0 Å². The van der Waals surface area contributed by atoms with Crippen molar-refractivity contribution in [2.24, 2.45) is 5.92 Å². The van der Waals surface area contributed by atoms with E-state index < -0.39 is 0 Å². The SMILES string of the molecule is CC(C)CC(=O)N1CCC(NC(=O)c2ccsc2)CC1. The molecule has 0 spiro atoms. The summed E-state index contributed by atoms with van der Waals surface area (Å²) in [7, 11) is 0. The molecule has 1 fully saturated rings. The van der Waals surface area contributed by atoms with E-state index in [9.17, 15) is 9.59 Å². The molecule has 1 aliphatic rings. The van der Waals surface area contributed by atoms with Crippen molar-refractivity contribution in [3.63, 3.8) is 0 Å². The molecular weight excluding hydrogens is 272 g/mol. The second kappa shape index (κ2) is 6.88. The fourth-order valence-corrected chi connectivity index (χ4v) is 3.05. The van der Waals surface area contributed by atoms with Crippen LogP contribution in [0.4, 0.5) is 0 Å². The molecule has 2 heterocycles. The van der Waals surface area contributed by atoms with Crippen molar-refractivity contribution in [2.45, 2.75) is 39.2 Å². The lowest BCUT2D eigenvalue weighted by Gasteiger charge is -2.32. The van der Waals surface area contributed by atoms with Gasteiger partial charge in [0.25, 0.3) is 5.91 Å². The summed E-state index contributed by atoms with van der Waals surface area (Å²) in [6, 6.07) is 2.02. The van der Waals surface area contributed by atoms with Crippen LogP contribution in [0.3, 0.4) is 0 Å². The molecule has 4 nitrogen and oxygen atoms in total. The Morgan fingerprint density at radius 2 is 2.10 bits per heavy atom. The molecule has 0 bridgehead atoms. The fourth-order valence-electron chi connectivity index (χ4n) is 2.41. The van der Waals surface area contributed by atoms with Crippen LogP contribution in [0.1, 0.15) is 43.5 Å². The summed E-state index contributed by atoms with van der Waals surface area (Å²) in [5.74, 6) is 0.638. The Morgan fingerprint density at radius 1 is 1.40 bits per heavy atom. The largest absolute Gasteiger partial charge is 0.349 e. The summed E-state index contributed by atoms with van der Waals surface area (Å²) in [4.78, 5) is 25.8. The Hall–Kier alpha value is -1.36. The highest BCUT2D eigenvalue weighted by molar-refractivity contribution is 7.08. The molecule has 5 heteroatoms. The first kappa shape index (κ1) is 15.0. The van der Waals surface area contributed by atoms with Crippen LogP contribution in [-0.2, 0) is 4.79 Å². The van der Waals surface area contributed by atoms with Crippen molar-refractivity contribution in [2.75, 3.05) is 13.1 Å². The summed E-state index contributed by atoms with van der Waals surface area (Å²) < 4.78 is 0. The van der Waals surface area contributed by atoms with Gasteiger partial charge < -0.3 is 10.2 Å². The minimum atomic E-state index is -0.00166. The number of thiophene rings is 1. The van der Waals surface area contributed by atoms with Crippen molar-refractivity contribution in [1.29, 1.82) is 0 Å². The third-order valence-corrected chi connectivity index (χ3v) is 4.23. The maximum atomic E-state index is 12.0. The summed E-state index contributed by atoms with van der Waals surface area (Å²) in [5.41, 5.74) is 0.730. The van der Waals surface area contributed by atoms with Gasteiger partial charge in [-0.2, -0.15) is 11.3 Å². The number of rotatable bonds is 4. The number of piperidine rings is 1. The van der Waals surface area contributed by atoms with Crippen LogP contribution in [0.15, 0.2) is 16.8 Å². The molecule has 2 rings (SSSR count). The molecule has 110 valence electrons. The van der Waals surface area contributed by atoms with Gasteiger partial charge in [0.15, 0.2) is 0 Å². The molecule has 2 amide bonds. The highest BCUT2D eigenvalue weighted by Crippen LogP contribution is 2.14. The van der Waals surface area contributed by atoms with E-state index in [-0.39, 0.29) is 17.9 Å². The van der Waals surface area contributed by atoms with Crippen LogP contribution < -0.4 is 5.32 Å². The van der Waals surface area contributed by atoms with Crippen LogP contribution >= 0.6 is 11.3 Å². The van der Waals surface area contributed by atoms with E-state index in [1.807, 2.05) is 21.7 Å². The number of hydrogen-bond acceptors (Lipinski definition) is 3. The summed E-state index contributed by atoms with van der Waals surface area (Å²) in [6.45, 7) is 5.62. The zero-order valence-corrected chi connectivity index (χ0v) is 12.9. The first-order valence-electron chi connectivity index (χ1n) is 7.17. The van der Waals surface area contributed by atoms with Crippen LogP contribution in [0, 0.1) is 5.92 Å². The molecule has 1 N–H and O–H groups in total. The molecule has 20 heavy (non-hydrogen) atoms. The van der Waals surface area contributed by atoms with Crippen LogP contribution in [0.2, 0.25) is 0 Å². The van der Waals surface area contributed by atoms with Gasteiger partial charge in [-0.05, 0) is 30.2 Å². The number of likely N-dealkylation sites (tertiary alicyclic amines) is 1. The monoisotopic (exact) mass is 294 g/mol. The molecule has 0 aromatic carbocycles. The smallest absolute Gasteiger partial charge is 0.252 e. The molecule has 1 aliphatic heterocycles. The van der Waals surface area contributed by atoms with E-state index in [4.69, 9.17) is 0 Å². The van der Waals surface area contributed by atoms with Crippen molar-refractivity contribution >= 4 is 23.2 Å². The quantitative estimate of drug-likeness (QED) is 0.927. The van der Waals surface area contributed by atoms with Gasteiger partial charge in [0.2, 0.25) is 5.91 Å². The zero-order chi connectivity index (χ0) is 14.5. The first-order valence-corrected chi connectivity index (χ1v) is 8.11. The Labute approximate surface area is 124 Å². The number of hydrogen-bond donors (Lipinski definition) is 1. The van der Waals surface area contributed by atoms with Gasteiger partial charge in [0.05, 0.1) is 0 Å². The van der Waals surface area contributed by atoms with Crippen molar-refractivity contribution in [3.8, 4) is 0 Å². The Kier molecular flexibility index (Phi) is 5.17. The average Bonchev–Trinajstić information content (AvgIpc) is 2.92. The maximum Gasteiger partial charge on any atom is 0.252 e. The minimum absolute atomic E-state index is 0.00166. The van der Waals surface area contributed by atoms with Gasteiger partial charge in [0, 0.05) is 36.5 Å². The number of nitrogens with zero attached hydrogens (tertiary/aromatic N) is 1. The topological polar surface area (TPSA) is 49.4 Å². The molecule has 1 saturated heterocycles. The van der Waals surface area contributed by atoms with E-state index in [0.717, 1.165) is 31.5 Å². The lowest BCUT2D eigenvalue weighted by atomic mass is 10.0. The van der Waals surface area contributed by atoms with Gasteiger partial charge in [-0.3, -0.25) is 9.59 Å². The zero-order valence-electron chi connectivity index (χ0n) is 12.1. The lowest BCUT2D eigenvalue weighted by Crippen LogP contribution is -2.46. The first-order chi connectivity index (χ1) is 9.56. The number of amides is 2. The second-order valence-corrected chi connectivity index (χ2v) is 6.52. The predicted octanol–water partition coefficient (Wildman–Crippen LogP) is 2.52. The third-order valence-electron chi connectivity index (χ3n) is 3.55. The second-order valence-electron chi connectivity index (χ2n) is 5.74. The van der Waals surface area contributed by atoms with E-state index in [1.165, 1.54) is 11.3 Å². The minimum Gasteiger partial charge on any atom is -0.349 e. The summed E-state index contributed by atoms with van der Waals surface area (Å²) >= 11 is 1.53. The molecule has 1 aromatic rings.